The Hall–Kier alpha value is -7.83. The largest absolute Gasteiger partial charge is 0.456 e. The zero-order valence-electron chi connectivity index (χ0n) is 30.4. The molecule has 0 unspecified atom stereocenters. The number of rotatable bonds is 5. The molecule has 12 aromatic rings. The number of benzene rings is 8. The van der Waals surface area contributed by atoms with E-state index in [2.05, 4.69) is 138 Å². The average molecular weight is 731 g/mol. The minimum absolute atomic E-state index is 0.523. The predicted molar refractivity (Wildman–Crippen MR) is 230 cm³/mol. The van der Waals surface area contributed by atoms with Crippen molar-refractivity contribution in [1.82, 2.24) is 19.5 Å². The van der Waals surface area contributed by atoms with Crippen molar-refractivity contribution in [1.29, 1.82) is 0 Å². The minimum Gasteiger partial charge on any atom is -0.456 e. The van der Waals surface area contributed by atoms with Crippen molar-refractivity contribution in [3.63, 3.8) is 0 Å². The summed E-state index contributed by atoms with van der Waals surface area (Å²) >= 11 is 0. The van der Waals surface area contributed by atoms with Crippen LogP contribution in [0.4, 0.5) is 0 Å². The van der Waals surface area contributed by atoms with Crippen molar-refractivity contribution in [3.05, 3.63) is 182 Å². The summed E-state index contributed by atoms with van der Waals surface area (Å²) < 4.78 is 15.7. The fourth-order valence-corrected chi connectivity index (χ4v) is 8.50. The van der Waals surface area contributed by atoms with Crippen LogP contribution in [0.15, 0.2) is 191 Å². The molecular weight excluding hydrogens is 701 g/mol. The molecule has 0 saturated carbocycles. The van der Waals surface area contributed by atoms with Gasteiger partial charge in [-0.05, 0) is 59.7 Å². The second kappa shape index (κ2) is 12.3. The maximum absolute atomic E-state index is 7.09. The molecule has 0 aliphatic carbocycles. The van der Waals surface area contributed by atoms with Crippen LogP contribution in [0.5, 0.6) is 0 Å². The van der Waals surface area contributed by atoms with E-state index < -0.39 is 0 Å². The van der Waals surface area contributed by atoms with Crippen LogP contribution in [0.25, 0.3) is 117 Å². The van der Waals surface area contributed by atoms with Gasteiger partial charge < -0.3 is 13.4 Å². The normalized spacial score (nSPS) is 11.9. The molecule has 266 valence electrons. The van der Waals surface area contributed by atoms with Gasteiger partial charge in [0, 0.05) is 49.1 Å². The fraction of sp³-hybridized carbons (Fsp3) is 0. The summed E-state index contributed by atoms with van der Waals surface area (Å²) in [6.45, 7) is 0. The van der Waals surface area contributed by atoms with Gasteiger partial charge in [0.2, 0.25) is 0 Å². The van der Waals surface area contributed by atoms with Gasteiger partial charge in [-0.25, -0.2) is 15.0 Å². The van der Waals surface area contributed by atoms with Gasteiger partial charge in [-0.2, -0.15) is 0 Å². The molecule has 4 heterocycles. The third-order valence-electron chi connectivity index (χ3n) is 11.1. The highest BCUT2D eigenvalue weighted by Crippen LogP contribution is 2.43. The Morgan fingerprint density at radius 2 is 0.965 bits per heavy atom. The molecule has 12 rings (SSSR count). The third-order valence-corrected chi connectivity index (χ3v) is 11.1. The van der Waals surface area contributed by atoms with Crippen LogP contribution < -0.4 is 0 Å². The van der Waals surface area contributed by atoms with Crippen LogP contribution in [0.2, 0.25) is 0 Å². The van der Waals surface area contributed by atoms with E-state index in [9.17, 15) is 0 Å². The molecule has 0 aliphatic rings. The van der Waals surface area contributed by atoms with Gasteiger partial charge in [-0.15, -0.1) is 0 Å². The summed E-state index contributed by atoms with van der Waals surface area (Å²) in [5.41, 5.74) is 11.1. The first-order valence-corrected chi connectivity index (χ1v) is 19.0. The molecular formula is C51H30N4O2. The van der Waals surface area contributed by atoms with Crippen LogP contribution in [0, 0.1) is 0 Å². The molecule has 57 heavy (non-hydrogen) atoms. The number of para-hydroxylation sites is 4. The summed E-state index contributed by atoms with van der Waals surface area (Å²) in [5.74, 6) is 1.64. The highest BCUT2D eigenvalue weighted by molar-refractivity contribution is 6.22. The molecule has 0 saturated heterocycles. The third kappa shape index (κ3) is 4.87. The molecule has 0 bridgehead atoms. The van der Waals surface area contributed by atoms with E-state index in [-0.39, 0.29) is 0 Å². The maximum Gasteiger partial charge on any atom is 0.167 e. The van der Waals surface area contributed by atoms with Gasteiger partial charge in [0.05, 0.1) is 16.6 Å². The Labute approximate surface area is 325 Å². The van der Waals surface area contributed by atoms with E-state index in [1.54, 1.807) is 0 Å². The molecule has 0 amide bonds. The smallest absolute Gasteiger partial charge is 0.167 e. The zero-order chi connectivity index (χ0) is 37.5. The lowest BCUT2D eigenvalue weighted by molar-refractivity contribution is 0.669. The molecule has 6 heteroatoms. The topological polar surface area (TPSA) is 69.9 Å². The Kier molecular flexibility index (Phi) is 6.83. The van der Waals surface area contributed by atoms with E-state index in [4.69, 9.17) is 23.8 Å². The number of aromatic nitrogens is 4. The molecule has 8 aromatic carbocycles. The van der Waals surface area contributed by atoms with Crippen molar-refractivity contribution in [2.45, 2.75) is 0 Å². The van der Waals surface area contributed by atoms with E-state index in [1.165, 1.54) is 5.39 Å². The Morgan fingerprint density at radius 1 is 0.368 bits per heavy atom. The van der Waals surface area contributed by atoms with Gasteiger partial charge in [0.25, 0.3) is 0 Å². The van der Waals surface area contributed by atoms with Gasteiger partial charge in [-0.3, -0.25) is 0 Å². The second-order valence-electron chi connectivity index (χ2n) is 14.3. The molecule has 0 spiro atoms. The predicted octanol–water partition coefficient (Wildman–Crippen LogP) is 13.4. The van der Waals surface area contributed by atoms with Crippen molar-refractivity contribution in [2.75, 3.05) is 0 Å². The van der Waals surface area contributed by atoms with Crippen LogP contribution in [-0.2, 0) is 0 Å². The van der Waals surface area contributed by atoms with E-state index >= 15 is 0 Å². The maximum atomic E-state index is 7.09. The standard InChI is InChI=1S/C51H30N4O2/c1-3-14-31(15-4-1)32-16-11-17-33(30-32)49-52-50(40-23-13-27-44-45(40)39-21-8-10-26-43(39)56-44)54-51(53-49)41-24-12-22-37-38-29-28-36-35-20-7-9-25-42(35)55(34-18-5-2-6-19-34)46(36)48(38)57-47(37)41/h1-30H. The van der Waals surface area contributed by atoms with Crippen molar-refractivity contribution in [3.8, 4) is 51.0 Å². The minimum atomic E-state index is 0.523. The summed E-state index contributed by atoms with van der Waals surface area (Å²) in [6, 6.07) is 62.6. The van der Waals surface area contributed by atoms with Gasteiger partial charge in [-0.1, -0.05) is 133 Å². The van der Waals surface area contributed by atoms with Crippen molar-refractivity contribution in [2.24, 2.45) is 0 Å². The van der Waals surface area contributed by atoms with Crippen molar-refractivity contribution >= 4 is 65.7 Å². The first-order chi connectivity index (χ1) is 28.3. The zero-order valence-corrected chi connectivity index (χ0v) is 30.4. The molecule has 0 atom stereocenters. The average Bonchev–Trinajstić information content (AvgIpc) is 3.97. The van der Waals surface area contributed by atoms with E-state index in [1.807, 2.05) is 48.5 Å². The molecule has 6 nitrogen and oxygen atoms in total. The SMILES string of the molecule is c1ccc(-c2cccc(-c3nc(-c4cccc5c4oc4c5ccc5c6ccccc6n(-c6ccccc6)c54)nc(-c4cccc5oc6ccccc6c45)n3)c2)cc1. The molecule has 0 aliphatic heterocycles. The van der Waals surface area contributed by atoms with Crippen LogP contribution in [0.1, 0.15) is 0 Å². The number of hydrogen-bond donors (Lipinski definition) is 0. The number of nitrogens with zero attached hydrogens (tertiary/aromatic N) is 4. The van der Waals surface area contributed by atoms with E-state index in [0.29, 0.717) is 17.5 Å². The number of fused-ring (bicyclic) bond motifs is 10. The molecule has 0 N–H and O–H groups in total. The Bertz CT molecular complexity index is 3530. The number of hydrogen-bond acceptors (Lipinski definition) is 5. The summed E-state index contributed by atoms with van der Waals surface area (Å²) in [5, 5.41) is 6.29. The Balaban J connectivity index is 1.14. The lowest BCUT2D eigenvalue weighted by Crippen LogP contribution is -2.00. The molecule has 4 aromatic heterocycles. The summed E-state index contributed by atoms with van der Waals surface area (Å²) in [4.78, 5) is 15.7. The first-order valence-electron chi connectivity index (χ1n) is 19.0. The molecule has 0 fully saturated rings. The quantitative estimate of drug-likeness (QED) is 0.176. The lowest BCUT2D eigenvalue weighted by Gasteiger charge is -2.10. The number of furan rings is 2. The van der Waals surface area contributed by atoms with E-state index in [0.717, 1.165) is 93.8 Å². The van der Waals surface area contributed by atoms with Crippen LogP contribution in [-0.4, -0.2) is 19.5 Å². The fourth-order valence-electron chi connectivity index (χ4n) is 8.50. The highest BCUT2D eigenvalue weighted by atomic mass is 16.3. The first kappa shape index (κ1) is 31.5. The van der Waals surface area contributed by atoms with Crippen molar-refractivity contribution < 1.29 is 8.83 Å². The van der Waals surface area contributed by atoms with Gasteiger partial charge >= 0.3 is 0 Å². The lowest BCUT2D eigenvalue weighted by atomic mass is 10.0. The second-order valence-corrected chi connectivity index (χ2v) is 14.3. The van der Waals surface area contributed by atoms with Gasteiger partial charge in [0.1, 0.15) is 16.7 Å². The summed E-state index contributed by atoms with van der Waals surface area (Å²) in [7, 11) is 0. The highest BCUT2D eigenvalue weighted by Gasteiger charge is 2.23. The summed E-state index contributed by atoms with van der Waals surface area (Å²) in [6.07, 6.45) is 0. The van der Waals surface area contributed by atoms with Crippen LogP contribution in [0.3, 0.4) is 0 Å². The Morgan fingerprint density at radius 3 is 1.84 bits per heavy atom. The van der Waals surface area contributed by atoms with Gasteiger partial charge in [0.15, 0.2) is 23.1 Å². The monoisotopic (exact) mass is 730 g/mol. The van der Waals surface area contributed by atoms with Crippen LogP contribution >= 0.6 is 0 Å². The molecule has 0 radical (unpaired) electrons.